The standard InChI is InChI=1S/C26H31NO5/c1-5-18-11-13-19(14-12-18)24(28)22-23(20-9-6-7-10-21(20)31-4)27(26(30)25(22)29)15-8-16-32-17(2)3/h6-7,9-14,17,23,28H,5,8,15-16H2,1-4H3/b24-22-. The molecule has 1 fully saturated rings. The normalized spacial score (nSPS) is 17.9. The van der Waals surface area contributed by atoms with Crippen LogP contribution in [0.5, 0.6) is 5.75 Å². The topological polar surface area (TPSA) is 76.1 Å². The van der Waals surface area contributed by atoms with Crippen LogP contribution in [0.3, 0.4) is 0 Å². The Morgan fingerprint density at radius 1 is 1.09 bits per heavy atom. The Balaban J connectivity index is 2.07. The number of Topliss-reactive ketones (excluding diaryl/α,β-unsaturated/α-hetero) is 1. The number of hydrogen-bond acceptors (Lipinski definition) is 5. The summed E-state index contributed by atoms with van der Waals surface area (Å²) >= 11 is 0. The Hall–Kier alpha value is -3.12. The molecule has 1 aliphatic heterocycles. The molecule has 0 spiro atoms. The molecule has 1 atom stereocenters. The van der Waals surface area contributed by atoms with Crippen molar-refractivity contribution in [1.29, 1.82) is 0 Å². The van der Waals surface area contributed by atoms with E-state index in [0.29, 0.717) is 36.4 Å². The van der Waals surface area contributed by atoms with E-state index < -0.39 is 17.7 Å². The van der Waals surface area contributed by atoms with E-state index in [9.17, 15) is 14.7 Å². The fourth-order valence-electron chi connectivity index (χ4n) is 3.93. The number of carbonyl (C=O) groups is 2. The molecule has 1 saturated heterocycles. The summed E-state index contributed by atoms with van der Waals surface area (Å²) in [6, 6.07) is 13.9. The second-order valence-electron chi connectivity index (χ2n) is 8.06. The monoisotopic (exact) mass is 437 g/mol. The lowest BCUT2D eigenvalue weighted by molar-refractivity contribution is -0.140. The van der Waals surface area contributed by atoms with Gasteiger partial charge in [-0.05, 0) is 38.3 Å². The number of benzene rings is 2. The molecule has 2 aromatic carbocycles. The molecule has 0 aliphatic carbocycles. The van der Waals surface area contributed by atoms with Crippen molar-refractivity contribution >= 4 is 17.4 Å². The van der Waals surface area contributed by atoms with Gasteiger partial charge in [0.2, 0.25) is 0 Å². The maximum absolute atomic E-state index is 13.1. The molecule has 1 N–H and O–H groups in total. The lowest BCUT2D eigenvalue weighted by Crippen LogP contribution is -2.31. The molecule has 0 bridgehead atoms. The summed E-state index contributed by atoms with van der Waals surface area (Å²) in [6.07, 6.45) is 1.52. The molecule has 0 aromatic heterocycles. The number of methoxy groups -OCH3 is 1. The molecule has 32 heavy (non-hydrogen) atoms. The summed E-state index contributed by atoms with van der Waals surface area (Å²) in [6.45, 7) is 6.74. The van der Waals surface area contributed by atoms with Gasteiger partial charge in [-0.1, -0.05) is 49.4 Å². The third-order valence-electron chi connectivity index (χ3n) is 5.60. The molecule has 1 aliphatic rings. The molecule has 1 heterocycles. The molecule has 1 amide bonds. The number of para-hydroxylation sites is 1. The minimum atomic E-state index is -0.740. The molecule has 0 saturated carbocycles. The first-order valence-electron chi connectivity index (χ1n) is 11.0. The predicted octanol–water partition coefficient (Wildman–Crippen LogP) is 4.49. The number of rotatable bonds is 9. The zero-order chi connectivity index (χ0) is 23.3. The van der Waals surface area contributed by atoms with Crippen LogP contribution >= 0.6 is 0 Å². The molecule has 6 heteroatoms. The number of aliphatic hydroxyl groups is 1. The first-order valence-corrected chi connectivity index (χ1v) is 11.0. The van der Waals surface area contributed by atoms with E-state index in [2.05, 4.69) is 0 Å². The molecule has 3 rings (SSSR count). The number of nitrogens with zero attached hydrogens (tertiary/aromatic N) is 1. The van der Waals surface area contributed by atoms with Crippen LogP contribution in [0, 0.1) is 0 Å². The van der Waals surface area contributed by atoms with Crippen LogP contribution < -0.4 is 4.74 Å². The SMILES string of the molecule is CCc1ccc(/C(O)=C2/C(=O)C(=O)N(CCCOC(C)C)C2c2ccccc2OC)cc1. The van der Waals surface area contributed by atoms with Crippen LogP contribution in [-0.2, 0) is 20.7 Å². The lowest BCUT2D eigenvalue weighted by Gasteiger charge is -2.26. The van der Waals surface area contributed by atoms with Crippen molar-refractivity contribution in [3.05, 3.63) is 70.8 Å². The second-order valence-corrected chi connectivity index (χ2v) is 8.06. The van der Waals surface area contributed by atoms with Gasteiger partial charge < -0.3 is 19.5 Å². The Bertz CT molecular complexity index is 994. The number of ketones is 1. The van der Waals surface area contributed by atoms with E-state index >= 15 is 0 Å². The molecule has 2 aromatic rings. The van der Waals surface area contributed by atoms with Gasteiger partial charge in [-0.3, -0.25) is 9.59 Å². The van der Waals surface area contributed by atoms with E-state index in [1.807, 2.05) is 51.1 Å². The molecule has 170 valence electrons. The van der Waals surface area contributed by atoms with Gasteiger partial charge in [0.1, 0.15) is 11.5 Å². The highest BCUT2D eigenvalue weighted by Gasteiger charge is 2.46. The lowest BCUT2D eigenvalue weighted by atomic mass is 9.94. The maximum Gasteiger partial charge on any atom is 0.295 e. The average molecular weight is 438 g/mol. The van der Waals surface area contributed by atoms with Crippen molar-refractivity contribution in [1.82, 2.24) is 4.90 Å². The average Bonchev–Trinajstić information content (AvgIpc) is 3.06. The first-order chi connectivity index (χ1) is 15.4. The zero-order valence-corrected chi connectivity index (χ0v) is 19.1. The summed E-state index contributed by atoms with van der Waals surface area (Å²) in [5.41, 5.74) is 2.36. The number of aryl methyl sites for hydroxylation is 1. The van der Waals surface area contributed by atoms with E-state index in [4.69, 9.17) is 9.47 Å². The number of aliphatic hydroxyl groups excluding tert-OH is 1. The highest BCUT2D eigenvalue weighted by molar-refractivity contribution is 6.46. The first kappa shape index (κ1) is 23.5. The van der Waals surface area contributed by atoms with Crippen LogP contribution in [-0.4, -0.2) is 48.1 Å². The maximum atomic E-state index is 13.1. The Labute approximate surface area is 189 Å². The molecular weight excluding hydrogens is 406 g/mol. The summed E-state index contributed by atoms with van der Waals surface area (Å²) in [5.74, 6) is -0.946. The zero-order valence-electron chi connectivity index (χ0n) is 19.1. The van der Waals surface area contributed by atoms with Crippen molar-refractivity contribution in [2.75, 3.05) is 20.3 Å². The van der Waals surface area contributed by atoms with E-state index in [1.165, 1.54) is 4.90 Å². The van der Waals surface area contributed by atoms with Crippen LogP contribution in [0.4, 0.5) is 0 Å². The molecule has 6 nitrogen and oxygen atoms in total. The smallest absolute Gasteiger partial charge is 0.295 e. The van der Waals surface area contributed by atoms with E-state index in [0.717, 1.165) is 12.0 Å². The van der Waals surface area contributed by atoms with Crippen molar-refractivity contribution < 1.29 is 24.2 Å². The number of hydrogen-bond donors (Lipinski definition) is 1. The van der Waals surface area contributed by atoms with Crippen molar-refractivity contribution in [2.45, 2.75) is 45.8 Å². The highest BCUT2D eigenvalue weighted by Crippen LogP contribution is 2.42. The van der Waals surface area contributed by atoms with Crippen LogP contribution in [0.1, 0.15) is 49.9 Å². The van der Waals surface area contributed by atoms with Gasteiger partial charge in [0.25, 0.3) is 11.7 Å². The Morgan fingerprint density at radius 2 is 1.78 bits per heavy atom. The minimum Gasteiger partial charge on any atom is -0.507 e. The van der Waals surface area contributed by atoms with Crippen molar-refractivity contribution in [3.63, 3.8) is 0 Å². The van der Waals surface area contributed by atoms with E-state index in [-0.39, 0.29) is 17.4 Å². The highest BCUT2D eigenvalue weighted by atomic mass is 16.5. The van der Waals surface area contributed by atoms with E-state index in [1.54, 1.807) is 25.3 Å². The summed E-state index contributed by atoms with van der Waals surface area (Å²) in [5, 5.41) is 11.1. The second kappa shape index (κ2) is 10.5. The molecule has 0 radical (unpaired) electrons. The summed E-state index contributed by atoms with van der Waals surface area (Å²) in [7, 11) is 1.55. The van der Waals surface area contributed by atoms with Gasteiger partial charge in [0.15, 0.2) is 0 Å². The van der Waals surface area contributed by atoms with Gasteiger partial charge in [-0.15, -0.1) is 0 Å². The van der Waals surface area contributed by atoms with Crippen LogP contribution in [0.25, 0.3) is 5.76 Å². The number of ether oxygens (including phenoxy) is 2. The van der Waals surface area contributed by atoms with Gasteiger partial charge in [0.05, 0.1) is 24.8 Å². The van der Waals surface area contributed by atoms with Crippen LogP contribution in [0.2, 0.25) is 0 Å². The fourth-order valence-corrected chi connectivity index (χ4v) is 3.93. The Kier molecular flexibility index (Phi) is 7.70. The fraction of sp³-hybridized carbons (Fsp3) is 0.385. The third kappa shape index (κ3) is 4.86. The largest absolute Gasteiger partial charge is 0.507 e. The van der Waals surface area contributed by atoms with Gasteiger partial charge >= 0.3 is 0 Å². The number of amides is 1. The summed E-state index contributed by atoms with van der Waals surface area (Å²) < 4.78 is 11.1. The van der Waals surface area contributed by atoms with Crippen LogP contribution in [0.15, 0.2) is 54.1 Å². The Morgan fingerprint density at radius 3 is 2.41 bits per heavy atom. The van der Waals surface area contributed by atoms with Gasteiger partial charge in [0, 0.05) is 24.3 Å². The van der Waals surface area contributed by atoms with Crippen molar-refractivity contribution in [3.8, 4) is 5.75 Å². The predicted molar refractivity (Wildman–Crippen MR) is 124 cm³/mol. The molecule has 1 unspecified atom stereocenters. The van der Waals surface area contributed by atoms with Crippen molar-refractivity contribution in [2.24, 2.45) is 0 Å². The molecular formula is C26H31NO5. The van der Waals surface area contributed by atoms with Gasteiger partial charge in [-0.2, -0.15) is 0 Å². The van der Waals surface area contributed by atoms with Gasteiger partial charge in [-0.25, -0.2) is 0 Å². The summed E-state index contributed by atoms with van der Waals surface area (Å²) in [4.78, 5) is 27.6. The number of carbonyl (C=O) groups excluding carboxylic acids is 2. The quantitative estimate of drug-likeness (QED) is 0.271. The number of likely N-dealkylation sites (tertiary alicyclic amines) is 1. The minimum absolute atomic E-state index is 0.0773. The third-order valence-corrected chi connectivity index (χ3v) is 5.60.